The number of pyridine rings is 1. The number of anilines is 3. The first-order valence-electron chi connectivity index (χ1n) is 9.75. The molecule has 0 aliphatic rings. The van der Waals surface area contributed by atoms with Crippen LogP contribution in [0, 0.1) is 0 Å². The van der Waals surface area contributed by atoms with E-state index in [1.54, 1.807) is 12.4 Å². The first-order valence-corrected chi connectivity index (χ1v) is 9.75. The summed E-state index contributed by atoms with van der Waals surface area (Å²) in [7, 11) is 0. The first-order chi connectivity index (χ1) is 14.4. The summed E-state index contributed by atoms with van der Waals surface area (Å²) < 4.78 is 0. The molecule has 30 heavy (non-hydrogen) atoms. The van der Waals surface area contributed by atoms with Crippen LogP contribution >= 0.6 is 0 Å². The molecule has 0 radical (unpaired) electrons. The predicted molar refractivity (Wildman–Crippen MR) is 120 cm³/mol. The minimum Gasteiger partial charge on any atom is -0.339 e. The second kappa shape index (κ2) is 7.91. The Morgan fingerprint density at radius 1 is 0.833 bits per heavy atom. The summed E-state index contributed by atoms with van der Waals surface area (Å²) in [6, 6.07) is 17.6. The van der Waals surface area contributed by atoms with Gasteiger partial charge in [-0.2, -0.15) is 0 Å². The summed E-state index contributed by atoms with van der Waals surface area (Å²) in [5, 5.41) is 7.14. The van der Waals surface area contributed by atoms with E-state index >= 15 is 0 Å². The molecule has 4 aromatic rings. The Bertz CT molecular complexity index is 1190. The van der Waals surface area contributed by atoms with Gasteiger partial charge in [-0.15, -0.1) is 0 Å². The zero-order chi connectivity index (χ0) is 21.1. The second-order valence-corrected chi connectivity index (χ2v) is 8.04. The number of nitrogens with one attached hydrogen (secondary N) is 2. The highest BCUT2D eigenvalue weighted by molar-refractivity contribution is 6.07. The smallest absolute Gasteiger partial charge is 0.275 e. The lowest BCUT2D eigenvalue weighted by atomic mass is 9.86. The maximum absolute atomic E-state index is 12.7. The maximum atomic E-state index is 12.7. The Labute approximate surface area is 175 Å². The van der Waals surface area contributed by atoms with Gasteiger partial charge >= 0.3 is 0 Å². The molecule has 0 spiro atoms. The van der Waals surface area contributed by atoms with Crippen molar-refractivity contribution in [1.82, 2.24) is 15.0 Å². The van der Waals surface area contributed by atoms with Gasteiger partial charge in [0.25, 0.3) is 5.91 Å². The quantitative estimate of drug-likeness (QED) is 0.487. The van der Waals surface area contributed by atoms with Crippen LogP contribution in [-0.2, 0) is 5.41 Å². The van der Waals surface area contributed by atoms with Crippen LogP contribution in [0.5, 0.6) is 0 Å². The fraction of sp³-hybridized carbons (Fsp3) is 0.167. The SMILES string of the molecule is CC(C)(C)c1ccccc1Nc1cnc(C(=O)Nc2cccc3cccnc23)cn1. The van der Waals surface area contributed by atoms with Gasteiger partial charge in [0.1, 0.15) is 11.5 Å². The minimum atomic E-state index is -0.331. The van der Waals surface area contributed by atoms with Crippen molar-refractivity contribution < 1.29 is 4.79 Å². The maximum Gasteiger partial charge on any atom is 0.275 e. The number of fused-ring (bicyclic) bond motifs is 1. The van der Waals surface area contributed by atoms with Gasteiger partial charge in [0.2, 0.25) is 0 Å². The Balaban J connectivity index is 1.52. The largest absolute Gasteiger partial charge is 0.339 e. The van der Waals surface area contributed by atoms with Crippen LogP contribution in [0.3, 0.4) is 0 Å². The highest BCUT2D eigenvalue weighted by Crippen LogP contribution is 2.30. The van der Waals surface area contributed by atoms with Gasteiger partial charge in [-0.25, -0.2) is 9.97 Å². The van der Waals surface area contributed by atoms with Crippen LogP contribution in [0.1, 0.15) is 36.8 Å². The monoisotopic (exact) mass is 397 g/mol. The molecule has 1 amide bonds. The van der Waals surface area contributed by atoms with Gasteiger partial charge in [-0.3, -0.25) is 9.78 Å². The molecule has 2 heterocycles. The molecule has 2 aromatic heterocycles. The van der Waals surface area contributed by atoms with E-state index in [4.69, 9.17) is 0 Å². The third-order valence-electron chi connectivity index (χ3n) is 4.76. The third kappa shape index (κ3) is 4.12. The first kappa shape index (κ1) is 19.5. The summed E-state index contributed by atoms with van der Waals surface area (Å²) in [5.41, 5.74) is 3.75. The molecule has 2 N–H and O–H groups in total. The number of hydrogen-bond donors (Lipinski definition) is 2. The number of aromatic nitrogens is 3. The van der Waals surface area contributed by atoms with Gasteiger partial charge in [0.05, 0.1) is 23.6 Å². The molecule has 0 fully saturated rings. The van der Waals surface area contributed by atoms with E-state index in [9.17, 15) is 4.79 Å². The molecule has 0 atom stereocenters. The summed E-state index contributed by atoms with van der Waals surface area (Å²) >= 11 is 0. The van der Waals surface area contributed by atoms with Crippen molar-refractivity contribution in [3.63, 3.8) is 0 Å². The minimum absolute atomic E-state index is 0.0106. The number of nitrogens with zero attached hydrogens (tertiary/aromatic N) is 3. The molecule has 0 aliphatic heterocycles. The van der Waals surface area contributed by atoms with E-state index in [1.165, 1.54) is 11.8 Å². The number of carbonyl (C=O) groups is 1. The van der Waals surface area contributed by atoms with E-state index in [-0.39, 0.29) is 17.0 Å². The van der Waals surface area contributed by atoms with Crippen LogP contribution in [-0.4, -0.2) is 20.9 Å². The molecule has 6 nitrogen and oxygen atoms in total. The van der Waals surface area contributed by atoms with E-state index in [1.807, 2.05) is 48.5 Å². The van der Waals surface area contributed by atoms with Crippen LogP contribution in [0.25, 0.3) is 10.9 Å². The number of carbonyl (C=O) groups excluding carboxylic acids is 1. The summed E-state index contributed by atoms with van der Waals surface area (Å²) in [4.78, 5) is 25.7. The Morgan fingerprint density at radius 3 is 2.37 bits per heavy atom. The van der Waals surface area contributed by atoms with Gasteiger partial charge in [0, 0.05) is 17.3 Å². The molecule has 0 bridgehead atoms. The van der Waals surface area contributed by atoms with E-state index in [0.29, 0.717) is 11.5 Å². The zero-order valence-electron chi connectivity index (χ0n) is 17.2. The standard InChI is InChI=1S/C24H23N5O/c1-24(2,3)17-10-4-5-11-18(17)28-21-15-26-20(14-27-21)23(30)29-19-12-6-8-16-9-7-13-25-22(16)19/h4-15H,1-3H3,(H,27,28)(H,29,30). The topological polar surface area (TPSA) is 79.8 Å². The van der Waals surface area contributed by atoms with Gasteiger partial charge < -0.3 is 10.6 Å². The average molecular weight is 397 g/mol. The molecule has 4 rings (SSSR count). The van der Waals surface area contributed by atoms with Crippen LogP contribution in [0.2, 0.25) is 0 Å². The number of hydrogen-bond acceptors (Lipinski definition) is 5. The molecule has 0 saturated carbocycles. The van der Waals surface area contributed by atoms with Crippen molar-refractivity contribution in [3.8, 4) is 0 Å². The van der Waals surface area contributed by atoms with E-state index < -0.39 is 0 Å². The van der Waals surface area contributed by atoms with Crippen LogP contribution < -0.4 is 10.6 Å². The Kier molecular flexibility index (Phi) is 5.14. The number of rotatable bonds is 4. The fourth-order valence-corrected chi connectivity index (χ4v) is 3.29. The lowest BCUT2D eigenvalue weighted by Gasteiger charge is -2.23. The van der Waals surface area contributed by atoms with Gasteiger partial charge in [-0.1, -0.05) is 57.2 Å². The zero-order valence-corrected chi connectivity index (χ0v) is 17.2. The van der Waals surface area contributed by atoms with Crippen molar-refractivity contribution in [2.75, 3.05) is 10.6 Å². The number of benzene rings is 2. The predicted octanol–water partition coefficient (Wildman–Crippen LogP) is 5.32. The van der Waals surface area contributed by atoms with Gasteiger partial charge in [-0.05, 0) is 29.2 Å². The summed E-state index contributed by atoms with van der Waals surface area (Å²) in [6.07, 6.45) is 4.74. The molecule has 6 heteroatoms. The lowest BCUT2D eigenvalue weighted by molar-refractivity contribution is 0.102. The molecule has 150 valence electrons. The highest BCUT2D eigenvalue weighted by Gasteiger charge is 2.18. The van der Waals surface area contributed by atoms with Gasteiger partial charge in [0.15, 0.2) is 0 Å². The average Bonchev–Trinajstić information content (AvgIpc) is 2.74. The van der Waals surface area contributed by atoms with E-state index in [0.717, 1.165) is 16.6 Å². The Morgan fingerprint density at radius 2 is 1.60 bits per heavy atom. The second-order valence-electron chi connectivity index (χ2n) is 8.04. The lowest BCUT2D eigenvalue weighted by Crippen LogP contribution is -2.15. The van der Waals surface area contributed by atoms with Crippen molar-refractivity contribution in [3.05, 3.63) is 84.4 Å². The third-order valence-corrected chi connectivity index (χ3v) is 4.76. The fourth-order valence-electron chi connectivity index (χ4n) is 3.29. The van der Waals surface area contributed by atoms with Crippen molar-refractivity contribution in [2.45, 2.75) is 26.2 Å². The number of para-hydroxylation sites is 2. The molecular weight excluding hydrogens is 374 g/mol. The number of amides is 1. The van der Waals surface area contributed by atoms with Crippen LogP contribution in [0.4, 0.5) is 17.2 Å². The molecule has 0 aliphatic carbocycles. The van der Waals surface area contributed by atoms with Crippen molar-refractivity contribution >= 4 is 34.0 Å². The van der Waals surface area contributed by atoms with Crippen LogP contribution in [0.15, 0.2) is 73.2 Å². The Hall–Kier alpha value is -3.80. The van der Waals surface area contributed by atoms with Crippen molar-refractivity contribution in [1.29, 1.82) is 0 Å². The van der Waals surface area contributed by atoms with E-state index in [2.05, 4.69) is 52.4 Å². The molecule has 0 saturated heterocycles. The van der Waals surface area contributed by atoms with Crippen molar-refractivity contribution in [2.24, 2.45) is 0 Å². The summed E-state index contributed by atoms with van der Waals surface area (Å²) in [6.45, 7) is 6.48. The highest BCUT2D eigenvalue weighted by atomic mass is 16.1. The normalized spacial score (nSPS) is 11.3. The molecule has 2 aromatic carbocycles. The molecule has 0 unspecified atom stereocenters. The summed E-state index contributed by atoms with van der Waals surface area (Å²) in [5.74, 6) is 0.248. The molecular formula is C24H23N5O.